The Hall–Kier alpha value is -1.85. The van der Waals surface area contributed by atoms with Gasteiger partial charge in [-0.25, -0.2) is 4.98 Å². The summed E-state index contributed by atoms with van der Waals surface area (Å²) in [5, 5.41) is 0. The number of nitrogens with zero attached hydrogens (tertiary/aromatic N) is 3. The van der Waals surface area contributed by atoms with Crippen molar-refractivity contribution >= 4 is 11.8 Å². The van der Waals surface area contributed by atoms with Crippen LogP contribution >= 0.6 is 0 Å². The van der Waals surface area contributed by atoms with Crippen molar-refractivity contribution in [3.63, 3.8) is 0 Å². The fraction of sp³-hybridized carbons (Fsp3) is 0.688. The highest BCUT2D eigenvalue weighted by Gasteiger charge is 2.61. The number of hydrogen-bond acceptors (Lipinski definition) is 4. The molecule has 118 valence electrons. The van der Waals surface area contributed by atoms with Crippen LogP contribution in [0.15, 0.2) is 17.0 Å². The number of oxazole rings is 1. The molecule has 2 amide bonds. The van der Waals surface area contributed by atoms with Crippen molar-refractivity contribution in [2.24, 2.45) is 5.41 Å². The standard InChI is InChI=1S/C16H21N3O3/c1-10(20)18-8-11-6-16(2)13(18)4-3-5-14(16)19(11)15(21)12-7-17-9-22-12/h7,9,11,13-14H,3-6,8H2,1-2H3/t11-,13+,14-,16+/m0/s1. The van der Waals surface area contributed by atoms with E-state index in [0.29, 0.717) is 12.3 Å². The van der Waals surface area contributed by atoms with Crippen molar-refractivity contribution in [2.75, 3.05) is 6.54 Å². The fourth-order valence-corrected chi connectivity index (χ4v) is 5.10. The van der Waals surface area contributed by atoms with E-state index in [9.17, 15) is 9.59 Å². The Balaban J connectivity index is 1.74. The first-order valence-corrected chi connectivity index (χ1v) is 8.01. The van der Waals surface area contributed by atoms with Crippen LogP contribution in [-0.2, 0) is 4.79 Å². The second-order valence-electron chi connectivity index (χ2n) is 7.08. The average Bonchev–Trinajstić information content (AvgIpc) is 3.09. The predicted molar refractivity (Wildman–Crippen MR) is 78.0 cm³/mol. The quantitative estimate of drug-likeness (QED) is 0.791. The van der Waals surface area contributed by atoms with E-state index in [1.807, 2.05) is 9.80 Å². The molecule has 0 N–H and O–H groups in total. The van der Waals surface area contributed by atoms with Crippen molar-refractivity contribution in [3.8, 4) is 0 Å². The number of rotatable bonds is 1. The highest BCUT2D eigenvalue weighted by Crippen LogP contribution is 2.54. The number of carbonyl (C=O) groups is 2. The lowest BCUT2D eigenvalue weighted by Crippen LogP contribution is -2.57. The van der Waals surface area contributed by atoms with Gasteiger partial charge in [-0.05, 0) is 25.7 Å². The minimum absolute atomic E-state index is 0.00250. The summed E-state index contributed by atoms with van der Waals surface area (Å²) >= 11 is 0. The van der Waals surface area contributed by atoms with E-state index >= 15 is 0 Å². The maximum Gasteiger partial charge on any atom is 0.291 e. The molecule has 4 atom stereocenters. The molecule has 1 saturated carbocycles. The Kier molecular flexibility index (Phi) is 2.86. The highest BCUT2D eigenvalue weighted by atomic mass is 16.3. The number of carbonyl (C=O) groups excluding carboxylic acids is 2. The van der Waals surface area contributed by atoms with Crippen molar-refractivity contribution in [1.82, 2.24) is 14.8 Å². The summed E-state index contributed by atoms with van der Waals surface area (Å²) in [7, 11) is 0. The summed E-state index contributed by atoms with van der Waals surface area (Å²) in [6.45, 7) is 4.53. The van der Waals surface area contributed by atoms with Gasteiger partial charge in [-0.15, -0.1) is 0 Å². The number of aromatic nitrogens is 1. The van der Waals surface area contributed by atoms with Gasteiger partial charge in [0, 0.05) is 31.0 Å². The zero-order valence-electron chi connectivity index (χ0n) is 13.0. The van der Waals surface area contributed by atoms with Crippen LogP contribution in [0.4, 0.5) is 0 Å². The lowest BCUT2D eigenvalue weighted by Gasteiger charge is -2.49. The lowest BCUT2D eigenvalue weighted by molar-refractivity contribution is -0.137. The van der Waals surface area contributed by atoms with E-state index in [0.717, 1.165) is 25.7 Å². The van der Waals surface area contributed by atoms with Crippen molar-refractivity contribution in [3.05, 3.63) is 18.4 Å². The van der Waals surface area contributed by atoms with Gasteiger partial charge in [0.2, 0.25) is 11.7 Å². The Morgan fingerprint density at radius 3 is 2.82 bits per heavy atom. The third-order valence-corrected chi connectivity index (χ3v) is 5.95. The number of likely N-dealkylation sites (tertiary alicyclic amines) is 2. The largest absolute Gasteiger partial charge is 0.438 e. The summed E-state index contributed by atoms with van der Waals surface area (Å²) in [6.07, 6.45) is 6.87. The molecule has 6 nitrogen and oxygen atoms in total. The second-order valence-corrected chi connectivity index (χ2v) is 7.08. The van der Waals surface area contributed by atoms with E-state index in [4.69, 9.17) is 4.42 Å². The maximum atomic E-state index is 12.9. The zero-order valence-corrected chi connectivity index (χ0v) is 13.0. The number of hydrogen-bond donors (Lipinski definition) is 0. The summed E-state index contributed by atoms with van der Waals surface area (Å²) < 4.78 is 5.22. The molecule has 1 aliphatic carbocycles. The molecular weight excluding hydrogens is 282 g/mol. The molecule has 6 heteroatoms. The minimum atomic E-state index is -0.0812. The monoisotopic (exact) mass is 303 g/mol. The molecule has 0 aromatic carbocycles. The fourth-order valence-electron chi connectivity index (χ4n) is 5.10. The van der Waals surface area contributed by atoms with Crippen LogP contribution in [0.1, 0.15) is 50.1 Å². The molecule has 2 saturated heterocycles. The van der Waals surface area contributed by atoms with E-state index in [2.05, 4.69) is 11.9 Å². The van der Waals surface area contributed by atoms with Crippen molar-refractivity contribution in [1.29, 1.82) is 0 Å². The summed E-state index contributed by atoms with van der Waals surface area (Å²) in [4.78, 5) is 32.8. The van der Waals surface area contributed by atoms with Crippen LogP contribution in [-0.4, -0.2) is 51.3 Å². The highest BCUT2D eigenvalue weighted by molar-refractivity contribution is 5.92. The molecule has 3 aliphatic rings. The predicted octanol–water partition coefficient (Wildman–Crippen LogP) is 1.68. The Bertz CT molecular complexity index is 614. The first-order chi connectivity index (χ1) is 10.5. The number of fused-ring (bicyclic) bond motifs is 1. The van der Waals surface area contributed by atoms with Crippen LogP contribution in [0.3, 0.4) is 0 Å². The average molecular weight is 303 g/mol. The first-order valence-electron chi connectivity index (χ1n) is 8.01. The molecule has 1 aromatic rings. The van der Waals surface area contributed by atoms with Crippen LogP contribution in [0.5, 0.6) is 0 Å². The Morgan fingerprint density at radius 2 is 2.14 bits per heavy atom. The van der Waals surface area contributed by atoms with Gasteiger partial charge in [0.05, 0.1) is 12.2 Å². The van der Waals surface area contributed by atoms with Crippen LogP contribution in [0.25, 0.3) is 0 Å². The molecule has 0 spiro atoms. The van der Waals surface area contributed by atoms with E-state index in [1.165, 1.54) is 12.6 Å². The summed E-state index contributed by atoms with van der Waals surface area (Å²) in [5.74, 6) is 0.338. The SMILES string of the molecule is CC(=O)N1C[C@@H]2C[C@@]3(C)[C@H](CCC[C@@H]13)N2C(=O)c1cnco1. The van der Waals surface area contributed by atoms with Crippen molar-refractivity contribution in [2.45, 2.75) is 57.7 Å². The lowest BCUT2D eigenvalue weighted by atomic mass is 9.66. The number of amides is 2. The smallest absolute Gasteiger partial charge is 0.291 e. The molecule has 2 aliphatic heterocycles. The molecule has 0 radical (unpaired) electrons. The van der Waals surface area contributed by atoms with Gasteiger partial charge >= 0.3 is 0 Å². The van der Waals surface area contributed by atoms with Crippen LogP contribution in [0.2, 0.25) is 0 Å². The third-order valence-electron chi connectivity index (χ3n) is 5.95. The van der Waals surface area contributed by atoms with Crippen LogP contribution < -0.4 is 0 Å². The molecule has 22 heavy (non-hydrogen) atoms. The molecule has 3 fully saturated rings. The third kappa shape index (κ3) is 1.69. The van der Waals surface area contributed by atoms with Gasteiger partial charge in [-0.2, -0.15) is 0 Å². The minimum Gasteiger partial charge on any atom is -0.438 e. The number of piperidine rings is 1. The zero-order chi connectivity index (χ0) is 15.5. The van der Waals surface area contributed by atoms with E-state index in [1.54, 1.807) is 6.92 Å². The molecular formula is C16H21N3O3. The van der Waals surface area contributed by atoms with Gasteiger partial charge in [0.25, 0.3) is 5.91 Å². The normalized spacial score (nSPS) is 36.5. The summed E-state index contributed by atoms with van der Waals surface area (Å²) in [5.41, 5.74) is 0.00250. The Labute approximate surface area is 129 Å². The molecule has 1 aromatic heterocycles. The second kappa shape index (κ2) is 4.57. The molecule has 3 heterocycles. The van der Waals surface area contributed by atoms with Gasteiger partial charge < -0.3 is 14.2 Å². The summed E-state index contributed by atoms with van der Waals surface area (Å²) in [6, 6.07) is 0.538. The van der Waals surface area contributed by atoms with Gasteiger partial charge in [0.15, 0.2) is 6.39 Å². The maximum absolute atomic E-state index is 12.9. The molecule has 2 bridgehead atoms. The van der Waals surface area contributed by atoms with Gasteiger partial charge in [-0.3, -0.25) is 9.59 Å². The van der Waals surface area contributed by atoms with Gasteiger partial charge in [-0.1, -0.05) is 6.92 Å². The van der Waals surface area contributed by atoms with Gasteiger partial charge in [0.1, 0.15) is 0 Å². The van der Waals surface area contributed by atoms with Crippen LogP contribution in [0, 0.1) is 5.41 Å². The first kappa shape index (κ1) is 13.8. The van der Waals surface area contributed by atoms with E-state index < -0.39 is 0 Å². The Morgan fingerprint density at radius 1 is 1.36 bits per heavy atom. The molecule has 4 rings (SSSR count). The van der Waals surface area contributed by atoms with E-state index in [-0.39, 0.29) is 35.4 Å². The molecule has 0 unspecified atom stereocenters. The van der Waals surface area contributed by atoms with Crippen molar-refractivity contribution < 1.29 is 14.0 Å². The topological polar surface area (TPSA) is 66.7 Å².